The molecular formula is C13H15BrClNO3. The number of carbonyl (C=O) groups excluding carboxylic acids is 1. The summed E-state index contributed by atoms with van der Waals surface area (Å²) in [5.74, 6) is -1.78. The summed E-state index contributed by atoms with van der Waals surface area (Å²) < 4.78 is 0.757. The third kappa shape index (κ3) is 3.94. The van der Waals surface area contributed by atoms with E-state index in [1.54, 1.807) is 26.1 Å². The zero-order chi connectivity index (χ0) is 14.7. The Morgan fingerprint density at radius 2 is 2.05 bits per heavy atom. The summed E-state index contributed by atoms with van der Waals surface area (Å²) in [7, 11) is 1.58. The van der Waals surface area contributed by atoms with Gasteiger partial charge in [-0.1, -0.05) is 18.5 Å². The van der Waals surface area contributed by atoms with Gasteiger partial charge in [0, 0.05) is 23.6 Å². The number of rotatable bonds is 4. The predicted octanol–water partition coefficient (Wildman–Crippen LogP) is 3.20. The van der Waals surface area contributed by atoms with Crippen LogP contribution in [0.25, 0.3) is 0 Å². The maximum atomic E-state index is 12.2. The van der Waals surface area contributed by atoms with E-state index in [0.717, 1.165) is 10.0 Å². The number of benzene rings is 1. The summed E-state index contributed by atoms with van der Waals surface area (Å²) in [6, 6.07) is 3.29. The molecule has 0 bridgehead atoms. The summed E-state index contributed by atoms with van der Waals surface area (Å²) in [4.78, 5) is 24.3. The van der Waals surface area contributed by atoms with Crippen LogP contribution in [-0.4, -0.2) is 35.5 Å². The molecular weight excluding hydrogens is 334 g/mol. The molecule has 0 aliphatic rings. The van der Waals surface area contributed by atoms with Crippen molar-refractivity contribution in [2.24, 2.45) is 5.92 Å². The fourth-order valence-electron chi connectivity index (χ4n) is 1.64. The molecule has 0 saturated carbocycles. The van der Waals surface area contributed by atoms with Gasteiger partial charge in [0.05, 0.1) is 10.9 Å². The van der Waals surface area contributed by atoms with Crippen molar-refractivity contribution in [3.05, 3.63) is 32.8 Å². The molecule has 1 N–H and O–H groups in total. The smallest absolute Gasteiger partial charge is 0.308 e. The molecule has 1 aromatic carbocycles. The van der Waals surface area contributed by atoms with Crippen LogP contribution in [0.3, 0.4) is 0 Å². The zero-order valence-corrected chi connectivity index (χ0v) is 13.2. The lowest BCUT2D eigenvalue weighted by molar-refractivity contribution is -0.141. The average molecular weight is 349 g/mol. The fraction of sp³-hybridized carbons (Fsp3) is 0.385. The maximum Gasteiger partial charge on any atom is 0.308 e. The van der Waals surface area contributed by atoms with E-state index in [0.29, 0.717) is 10.6 Å². The van der Waals surface area contributed by atoms with E-state index in [-0.39, 0.29) is 12.5 Å². The summed E-state index contributed by atoms with van der Waals surface area (Å²) >= 11 is 9.34. The minimum atomic E-state index is -0.926. The zero-order valence-electron chi connectivity index (χ0n) is 10.9. The molecule has 1 unspecified atom stereocenters. The van der Waals surface area contributed by atoms with E-state index in [1.807, 2.05) is 6.92 Å². The standard InChI is InChI=1S/C13H15BrClNO3/c1-7-4-9(5-10(15)11(7)14)12(17)16(3)6-8(2)13(18)19/h4-5,8H,6H2,1-3H3,(H,18,19). The molecule has 4 nitrogen and oxygen atoms in total. The molecule has 0 heterocycles. The van der Waals surface area contributed by atoms with Crippen molar-refractivity contribution in [3.8, 4) is 0 Å². The lowest BCUT2D eigenvalue weighted by Gasteiger charge is -2.20. The number of aryl methyl sites for hydroxylation is 1. The molecule has 0 saturated heterocycles. The molecule has 0 spiro atoms. The van der Waals surface area contributed by atoms with Crippen molar-refractivity contribution in [1.29, 1.82) is 0 Å². The third-order valence-corrected chi connectivity index (χ3v) is 4.35. The third-order valence-electron chi connectivity index (χ3n) is 2.77. The Morgan fingerprint density at radius 3 is 2.53 bits per heavy atom. The first kappa shape index (κ1) is 16.0. The molecule has 1 atom stereocenters. The molecule has 0 radical (unpaired) electrons. The first-order chi connectivity index (χ1) is 8.73. The van der Waals surface area contributed by atoms with Gasteiger partial charge in [0.15, 0.2) is 0 Å². The van der Waals surface area contributed by atoms with Gasteiger partial charge < -0.3 is 10.0 Å². The molecule has 1 aromatic rings. The van der Waals surface area contributed by atoms with Gasteiger partial charge in [0.1, 0.15) is 0 Å². The second-order valence-corrected chi connectivity index (χ2v) is 5.71. The van der Waals surface area contributed by atoms with Crippen molar-refractivity contribution < 1.29 is 14.7 Å². The van der Waals surface area contributed by atoms with E-state index < -0.39 is 11.9 Å². The number of amides is 1. The lowest BCUT2D eigenvalue weighted by atomic mass is 10.1. The molecule has 1 amide bonds. The normalized spacial score (nSPS) is 12.1. The SMILES string of the molecule is Cc1cc(C(=O)N(C)CC(C)C(=O)O)cc(Cl)c1Br. The van der Waals surface area contributed by atoms with Crippen LogP contribution >= 0.6 is 27.5 Å². The molecule has 0 aliphatic heterocycles. The summed E-state index contributed by atoms with van der Waals surface area (Å²) in [6.07, 6.45) is 0. The van der Waals surface area contributed by atoms with Crippen LogP contribution in [0.2, 0.25) is 5.02 Å². The predicted molar refractivity (Wildman–Crippen MR) is 77.6 cm³/mol. The van der Waals surface area contributed by atoms with Gasteiger partial charge in [-0.05, 0) is 40.5 Å². The Bertz CT molecular complexity index is 496. The van der Waals surface area contributed by atoms with Gasteiger partial charge in [0.25, 0.3) is 5.91 Å². The Labute approximate surface area is 125 Å². The van der Waals surface area contributed by atoms with Crippen molar-refractivity contribution in [3.63, 3.8) is 0 Å². The van der Waals surface area contributed by atoms with Crippen molar-refractivity contribution in [1.82, 2.24) is 4.90 Å². The number of carbonyl (C=O) groups is 2. The minimum Gasteiger partial charge on any atom is -0.481 e. The first-order valence-electron chi connectivity index (χ1n) is 5.68. The van der Waals surface area contributed by atoms with Crippen LogP contribution in [0, 0.1) is 12.8 Å². The average Bonchev–Trinajstić information content (AvgIpc) is 2.33. The largest absolute Gasteiger partial charge is 0.481 e. The van der Waals surface area contributed by atoms with Crippen LogP contribution < -0.4 is 0 Å². The van der Waals surface area contributed by atoms with Crippen LogP contribution in [0.5, 0.6) is 0 Å². The van der Waals surface area contributed by atoms with Gasteiger partial charge in [0.2, 0.25) is 0 Å². The number of carboxylic acid groups (broad SMARTS) is 1. The summed E-state index contributed by atoms with van der Waals surface area (Å²) in [5, 5.41) is 9.30. The second kappa shape index (κ2) is 6.39. The molecule has 19 heavy (non-hydrogen) atoms. The Balaban J connectivity index is 2.91. The van der Waals surface area contributed by atoms with Crippen molar-refractivity contribution >= 4 is 39.4 Å². The molecule has 0 aromatic heterocycles. The molecule has 0 fully saturated rings. The van der Waals surface area contributed by atoms with Gasteiger partial charge in [-0.15, -0.1) is 0 Å². The molecule has 104 valence electrons. The Morgan fingerprint density at radius 1 is 1.47 bits per heavy atom. The van der Waals surface area contributed by atoms with Crippen LogP contribution in [0.4, 0.5) is 0 Å². The molecule has 6 heteroatoms. The van der Waals surface area contributed by atoms with Gasteiger partial charge in [-0.25, -0.2) is 0 Å². The number of halogens is 2. The topological polar surface area (TPSA) is 57.6 Å². The quantitative estimate of drug-likeness (QED) is 0.909. The number of hydrogen-bond acceptors (Lipinski definition) is 2. The minimum absolute atomic E-state index is 0.154. The van der Waals surface area contributed by atoms with Crippen molar-refractivity contribution in [2.45, 2.75) is 13.8 Å². The van der Waals surface area contributed by atoms with Gasteiger partial charge in [-0.2, -0.15) is 0 Å². The number of hydrogen-bond donors (Lipinski definition) is 1. The second-order valence-electron chi connectivity index (χ2n) is 4.51. The highest BCUT2D eigenvalue weighted by Gasteiger charge is 2.19. The summed E-state index contributed by atoms with van der Waals surface area (Å²) in [5.41, 5.74) is 1.31. The number of nitrogens with zero attached hydrogens (tertiary/aromatic N) is 1. The maximum absolute atomic E-state index is 12.2. The Hall–Kier alpha value is -1.07. The summed E-state index contributed by atoms with van der Waals surface area (Å²) in [6.45, 7) is 3.55. The number of aliphatic carboxylic acids is 1. The lowest BCUT2D eigenvalue weighted by Crippen LogP contribution is -2.33. The highest BCUT2D eigenvalue weighted by atomic mass is 79.9. The van der Waals surface area contributed by atoms with E-state index in [9.17, 15) is 9.59 Å². The van der Waals surface area contributed by atoms with Gasteiger partial charge in [-0.3, -0.25) is 9.59 Å². The van der Waals surface area contributed by atoms with Crippen LogP contribution in [-0.2, 0) is 4.79 Å². The molecule has 0 aliphatic carbocycles. The van der Waals surface area contributed by atoms with E-state index in [1.165, 1.54) is 4.90 Å². The van der Waals surface area contributed by atoms with Crippen LogP contribution in [0.1, 0.15) is 22.8 Å². The highest BCUT2D eigenvalue weighted by Crippen LogP contribution is 2.28. The van der Waals surface area contributed by atoms with Crippen LogP contribution in [0.15, 0.2) is 16.6 Å². The van der Waals surface area contributed by atoms with Gasteiger partial charge >= 0.3 is 5.97 Å². The van der Waals surface area contributed by atoms with E-state index in [2.05, 4.69) is 15.9 Å². The van der Waals surface area contributed by atoms with Crippen molar-refractivity contribution in [2.75, 3.05) is 13.6 Å². The fourth-order valence-corrected chi connectivity index (χ4v) is 2.14. The van der Waals surface area contributed by atoms with E-state index >= 15 is 0 Å². The number of carboxylic acids is 1. The highest BCUT2D eigenvalue weighted by molar-refractivity contribution is 9.10. The molecule has 1 rings (SSSR count). The monoisotopic (exact) mass is 347 g/mol. The Kier molecular flexibility index (Phi) is 5.38. The van der Waals surface area contributed by atoms with E-state index in [4.69, 9.17) is 16.7 Å². The first-order valence-corrected chi connectivity index (χ1v) is 6.85.